The number of furan rings is 1. The van der Waals surface area contributed by atoms with Crippen molar-refractivity contribution < 1.29 is 13.9 Å². The van der Waals surface area contributed by atoms with E-state index in [0.717, 1.165) is 28.6 Å². The van der Waals surface area contributed by atoms with Gasteiger partial charge in [-0.3, -0.25) is 4.79 Å². The molecule has 1 aromatic heterocycles. The molecule has 0 saturated heterocycles. The Balaban J connectivity index is 1.68. The molecule has 0 spiro atoms. The van der Waals surface area contributed by atoms with Crippen molar-refractivity contribution in [3.05, 3.63) is 53.5 Å². The van der Waals surface area contributed by atoms with Crippen LogP contribution in [0.5, 0.6) is 5.75 Å². The molecule has 0 fully saturated rings. The molecule has 1 atom stereocenters. The lowest BCUT2D eigenvalue weighted by Crippen LogP contribution is -2.37. The molecule has 124 valence electrons. The molecule has 0 saturated carbocycles. The van der Waals surface area contributed by atoms with Crippen molar-refractivity contribution in [2.45, 2.75) is 32.6 Å². The number of rotatable bonds is 8. The number of carbonyl (C=O) groups is 1. The van der Waals surface area contributed by atoms with Crippen molar-refractivity contribution in [3.8, 4) is 5.75 Å². The van der Waals surface area contributed by atoms with Crippen LogP contribution in [-0.2, 0) is 10.5 Å². The van der Waals surface area contributed by atoms with Gasteiger partial charge >= 0.3 is 0 Å². The van der Waals surface area contributed by atoms with Crippen LogP contribution in [0.4, 0.5) is 0 Å². The smallest absolute Gasteiger partial charge is 0.260 e. The highest BCUT2D eigenvalue weighted by Crippen LogP contribution is 2.20. The zero-order valence-corrected chi connectivity index (χ0v) is 14.6. The van der Waals surface area contributed by atoms with E-state index in [1.54, 1.807) is 24.9 Å². The minimum absolute atomic E-state index is 0.0939. The topological polar surface area (TPSA) is 51.5 Å². The van der Waals surface area contributed by atoms with E-state index in [4.69, 9.17) is 9.15 Å². The molecule has 0 aliphatic rings. The standard InChI is InChI=1S/C18H23NO3S/c1-13-6-7-17(14(2)11-13)22-15(3)18(20)19-8-10-23-12-16-5-4-9-21-16/h4-7,9,11,15H,8,10,12H2,1-3H3,(H,19,20)/t15-/m0/s1. The summed E-state index contributed by atoms with van der Waals surface area (Å²) < 4.78 is 11.0. The third kappa shape index (κ3) is 5.67. The molecule has 0 aliphatic carbocycles. The number of thioether (sulfide) groups is 1. The molecule has 2 rings (SSSR count). The maximum absolute atomic E-state index is 12.1. The molecule has 1 heterocycles. The Morgan fingerprint density at radius 3 is 2.87 bits per heavy atom. The van der Waals surface area contributed by atoms with E-state index in [1.165, 1.54) is 5.56 Å². The zero-order chi connectivity index (χ0) is 16.7. The van der Waals surface area contributed by atoms with E-state index in [0.29, 0.717) is 6.54 Å². The van der Waals surface area contributed by atoms with Gasteiger partial charge in [-0.15, -0.1) is 0 Å². The second-order valence-corrected chi connectivity index (χ2v) is 6.56. The molecule has 4 nitrogen and oxygen atoms in total. The average molecular weight is 333 g/mol. The third-order valence-electron chi connectivity index (χ3n) is 3.37. The minimum Gasteiger partial charge on any atom is -0.481 e. The summed E-state index contributed by atoms with van der Waals surface area (Å²) >= 11 is 1.72. The highest BCUT2D eigenvalue weighted by Gasteiger charge is 2.15. The number of carbonyl (C=O) groups excluding carboxylic acids is 1. The number of hydrogen-bond acceptors (Lipinski definition) is 4. The summed E-state index contributed by atoms with van der Waals surface area (Å²) in [6.07, 6.45) is 1.16. The SMILES string of the molecule is Cc1ccc(O[C@@H](C)C(=O)NCCSCc2ccco2)c(C)c1. The van der Waals surface area contributed by atoms with Crippen LogP contribution in [0.1, 0.15) is 23.8 Å². The molecule has 0 unspecified atom stereocenters. The van der Waals surface area contributed by atoms with Gasteiger partial charge in [-0.2, -0.15) is 11.8 Å². The van der Waals surface area contributed by atoms with E-state index in [9.17, 15) is 4.79 Å². The lowest BCUT2D eigenvalue weighted by Gasteiger charge is -2.16. The highest BCUT2D eigenvalue weighted by molar-refractivity contribution is 7.98. The molecule has 1 N–H and O–H groups in total. The summed E-state index contributed by atoms with van der Waals surface area (Å²) in [7, 11) is 0. The Hall–Kier alpha value is -1.88. The summed E-state index contributed by atoms with van der Waals surface area (Å²) in [6, 6.07) is 9.77. The second kappa shape index (κ2) is 8.67. The van der Waals surface area contributed by atoms with E-state index in [1.807, 2.05) is 44.2 Å². The zero-order valence-electron chi connectivity index (χ0n) is 13.8. The van der Waals surface area contributed by atoms with Crippen molar-refractivity contribution in [2.24, 2.45) is 0 Å². The number of ether oxygens (including phenoxy) is 1. The van der Waals surface area contributed by atoms with Crippen molar-refractivity contribution in [1.29, 1.82) is 0 Å². The van der Waals surface area contributed by atoms with Gasteiger partial charge in [0, 0.05) is 12.3 Å². The fourth-order valence-electron chi connectivity index (χ4n) is 2.13. The lowest BCUT2D eigenvalue weighted by atomic mass is 10.1. The van der Waals surface area contributed by atoms with Gasteiger partial charge in [-0.05, 0) is 44.5 Å². The van der Waals surface area contributed by atoms with Crippen LogP contribution in [0.2, 0.25) is 0 Å². The van der Waals surface area contributed by atoms with Crippen molar-refractivity contribution >= 4 is 17.7 Å². The summed E-state index contributed by atoms with van der Waals surface area (Å²) in [5.41, 5.74) is 2.22. The van der Waals surface area contributed by atoms with Gasteiger partial charge in [0.25, 0.3) is 5.91 Å². The van der Waals surface area contributed by atoms with Crippen molar-refractivity contribution in [2.75, 3.05) is 12.3 Å². The molecular formula is C18H23NO3S. The number of nitrogens with one attached hydrogen (secondary N) is 1. The summed E-state index contributed by atoms with van der Waals surface area (Å²) in [4.78, 5) is 12.1. The largest absolute Gasteiger partial charge is 0.481 e. The Bertz CT molecular complexity index is 625. The molecule has 23 heavy (non-hydrogen) atoms. The van der Waals surface area contributed by atoms with Crippen LogP contribution in [0, 0.1) is 13.8 Å². The molecule has 0 bridgehead atoms. The van der Waals surface area contributed by atoms with E-state index < -0.39 is 6.10 Å². The Morgan fingerprint density at radius 2 is 2.17 bits per heavy atom. The van der Waals surface area contributed by atoms with E-state index in [-0.39, 0.29) is 5.91 Å². The van der Waals surface area contributed by atoms with Gasteiger partial charge in [0.1, 0.15) is 11.5 Å². The van der Waals surface area contributed by atoms with Crippen LogP contribution in [0.25, 0.3) is 0 Å². The monoisotopic (exact) mass is 333 g/mol. The summed E-state index contributed by atoms with van der Waals surface area (Å²) in [6.45, 7) is 6.40. The van der Waals surface area contributed by atoms with E-state index in [2.05, 4.69) is 5.32 Å². The molecule has 0 radical (unpaired) electrons. The summed E-state index contributed by atoms with van der Waals surface area (Å²) in [5, 5.41) is 2.90. The summed E-state index contributed by atoms with van der Waals surface area (Å²) in [5.74, 6) is 3.27. The molecule has 1 amide bonds. The van der Waals surface area contributed by atoms with Crippen molar-refractivity contribution in [3.63, 3.8) is 0 Å². The third-order valence-corrected chi connectivity index (χ3v) is 4.35. The maximum atomic E-state index is 12.1. The molecule has 1 aromatic carbocycles. The number of aryl methyl sites for hydroxylation is 2. The fraction of sp³-hybridized carbons (Fsp3) is 0.389. The average Bonchev–Trinajstić information content (AvgIpc) is 3.02. The maximum Gasteiger partial charge on any atom is 0.260 e. The quantitative estimate of drug-likeness (QED) is 0.748. The minimum atomic E-state index is -0.508. The molecule has 0 aliphatic heterocycles. The van der Waals surface area contributed by atoms with Gasteiger partial charge in [-0.25, -0.2) is 0 Å². The predicted octanol–water partition coefficient (Wildman–Crippen LogP) is 3.71. The van der Waals surface area contributed by atoms with Crippen molar-refractivity contribution in [1.82, 2.24) is 5.32 Å². The van der Waals surface area contributed by atoms with Crippen LogP contribution < -0.4 is 10.1 Å². The normalized spacial score (nSPS) is 12.0. The second-order valence-electron chi connectivity index (χ2n) is 5.45. The Morgan fingerprint density at radius 1 is 1.35 bits per heavy atom. The van der Waals surface area contributed by atoms with E-state index >= 15 is 0 Å². The van der Waals surface area contributed by atoms with Crippen LogP contribution in [0.3, 0.4) is 0 Å². The molecule has 5 heteroatoms. The Kier molecular flexibility index (Phi) is 6.59. The first-order valence-electron chi connectivity index (χ1n) is 7.68. The fourth-order valence-corrected chi connectivity index (χ4v) is 2.89. The predicted molar refractivity (Wildman–Crippen MR) is 93.9 cm³/mol. The molecule has 2 aromatic rings. The Labute approximate surface area is 141 Å². The van der Waals surface area contributed by atoms with Gasteiger partial charge in [0.2, 0.25) is 0 Å². The van der Waals surface area contributed by atoms with Gasteiger partial charge < -0.3 is 14.5 Å². The number of hydrogen-bond donors (Lipinski definition) is 1. The number of amides is 1. The van der Waals surface area contributed by atoms with Gasteiger partial charge in [-0.1, -0.05) is 17.7 Å². The first-order chi connectivity index (χ1) is 11.1. The highest BCUT2D eigenvalue weighted by atomic mass is 32.2. The van der Waals surface area contributed by atoms with Crippen LogP contribution >= 0.6 is 11.8 Å². The molecular weight excluding hydrogens is 310 g/mol. The number of benzene rings is 1. The first-order valence-corrected chi connectivity index (χ1v) is 8.83. The van der Waals surface area contributed by atoms with Gasteiger partial charge in [0.15, 0.2) is 6.10 Å². The van der Waals surface area contributed by atoms with Crippen LogP contribution in [0.15, 0.2) is 41.0 Å². The first kappa shape index (κ1) is 17.5. The lowest BCUT2D eigenvalue weighted by molar-refractivity contribution is -0.127. The van der Waals surface area contributed by atoms with Gasteiger partial charge in [0.05, 0.1) is 12.0 Å². The van der Waals surface area contributed by atoms with Crippen LogP contribution in [-0.4, -0.2) is 24.3 Å².